The lowest BCUT2D eigenvalue weighted by Gasteiger charge is -2.62. The molecule has 0 aliphatic heterocycles. The second kappa shape index (κ2) is 15.0. The van der Waals surface area contributed by atoms with Gasteiger partial charge in [-0.3, -0.25) is 13.5 Å². The normalized spacial score (nSPS) is 39.0. The van der Waals surface area contributed by atoms with Gasteiger partial charge >= 0.3 is 11.4 Å². The van der Waals surface area contributed by atoms with E-state index in [-0.39, 0.29) is 17.3 Å². The van der Waals surface area contributed by atoms with Crippen LogP contribution in [0.15, 0.2) is 0 Å². The average molecular weight is 626 g/mol. The molecule has 0 spiro atoms. The predicted molar refractivity (Wildman–Crippen MR) is 174 cm³/mol. The number of unbranched alkanes of at least 4 members (excludes halogenated alkanes) is 1. The second-order valence-corrected chi connectivity index (χ2v) is 16.4. The molecule has 250 valence electrons. The summed E-state index contributed by atoms with van der Waals surface area (Å²) in [6, 6.07) is 0.570. The molecule has 0 aromatic heterocycles. The lowest BCUT2D eigenvalue weighted by Crippen LogP contribution is -2.59. The molecular formula is C34H63N3O5S. The molecule has 43 heavy (non-hydrogen) atoms. The van der Waals surface area contributed by atoms with Crippen molar-refractivity contribution in [2.75, 3.05) is 26.2 Å². The van der Waals surface area contributed by atoms with Crippen LogP contribution in [0, 0.1) is 46.3 Å². The lowest BCUT2D eigenvalue weighted by molar-refractivity contribution is -0.167. The summed E-state index contributed by atoms with van der Waals surface area (Å²) in [5.74, 6) is 2.94. The Labute approximate surface area is 264 Å². The van der Waals surface area contributed by atoms with Gasteiger partial charge in [0.2, 0.25) is 0 Å². The van der Waals surface area contributed by atoms with Crippen molar-refractivity contribution in [1.29, 1.82) is 0 Å². The number of fused-ring (bicyclic) bond motifs is 5. The number of ketones is 1. The molecule has 4 saturated carbocycles. The number of nitrogens with two attached hydrogens (primary N) is 1. The molecule has 11 atom stereocenters. The summed E-state index contributed by atoms with van der Waals surface area (Å²) < 4.78 is 25.2. The van der Waals surface area contributed by atoms with E-state index >= 15 is 0 Å². The van der Waals surface area contributed by atoms with Crippen LogP contribution in [0.1, 0.15) is 118 Å². The van der Waals surface area contributed by atoms with Crippen molar-refractivity contribution in [2.45, 2.75) is 136 Å². The molecule has 0 saturated heterocycles. The number of rotatable bonds is 16. The van der Waals surface area contributed by atoms with Gasteiger partial charge in [-0.1, -0.05) is 20.8 Å². The molecule has 4 rings (SSSR count). The van der Waals surface area contributed by atoms with Gasteiger partial charge in [-0.2, -0.15) is 4.21 Å². The average Bonchev–Trinajstić information content (AvgIpc) is 3.30. The van der Waals surface area contributed by atoms with Crippen LogP contribution in [-0.4, -0.2) is 63.6 Å². The molecule has 0 aromatic rings. The molecule has 0 radical (unpaired) electrons. The molecule has 9 heteroatoms. The molecule has 5 unspecified atom stereocenters. The molecule has 4 fully saturated rings. The van der Waals surface area contributed by atoms with Gasteiger partial charge < -0.3 is 21.5 Å². The fourth-order valence-corrected chi connectivity index (χ4v) is 11.0. The summed E-state index contributed by atoms with van der Waals surface area (Å²) >= 11 is -2.46. The minimum Gasteiger partial charge on any atom is -0.393 e. The maximum atomic E-state index is 12.8. The molecule has 4 aliphatic carbocycles. The van der Waals surface area contributed by atoms with E-state index in [9.17, 15) is 14.1 Å². The highest BCUT2D eigenvalue weighted by atomic mass is 32.2. The Bertz CT molecular complexity index is 951. The number of hydrogen-bond acceptors (Lipinski definition) is 7. The van der Waals surface area contributed by atoms with Crippen molar-refractivity contribution < 1.29 is 22.8 Å². The summed E-state index contributed by atoms with van der Waals surface area (Å²) in [4.78, 5) is 12.8. The minimum absolute atomic E-state index is 0.119. The number of hydrogen-bond donors (Lipinski definition) is 5. The van der Waals surface area contributed by atoms with Crippen molar-refractivity contribution in [3.8, 4) is 0 Å². The molecule has 0 heterocycles. The third-order valence-electron chi connectivity index (χ3n) is 13.0. The summed E-state index contributed by atoms with van der Waals surface area (Å²) in [5.41, 5.74) is 4.84. The highest BCUT2D eigenvalue weighted by molar-refractivity contribution is 7.74. The Morgan fingerprint density at radius 1 is 1.02 bits per heavy atom. The monoisotopic (exact) mass is 625 g/mol. The summed E-state index contributed by atoms with van der Waals surface area (Å²) in [6.45, 7) is 14.4. The van der Waals surface area contributed by atoms with Gasteiger partial charge in [0, 0.05) is 12.5 Å². The smallest absolute Gasteiger partial charge is 0.302 e. The van der Waals surface area contributed by atoms with Gasteiger partial charge in [0.1, 0.15) is 5.60 Å². The van der Waals surface area contributed by atoms with Crippen molar-refractivity contribution in [3.05, 3.63) is 0 Å². The molecular weight excluding hydrogens is 562 g/mol. The number of nitrogens with one attached hydrogen (secondary N) is 2. The standard InChI is InChI=1S/C34H63N3O5S/c1-23(9-12-30(39)32(2,3)42-43(40)41)26-10-11-27-31-28(14-16-34(26,27)5)33(4)15-13-25(21-24(33)22-29(31)38)37-20-8-19-36-18-7-6-17-35/h23-29,31,36-38H,6-22,35H2,1-5H3,(H,40,41)/t23?,24-,25+,26-,27?,28?,29-,31?,33+,34-/m1/s1. The first-order chi connectivity index (χ1) is 20.3. The Morgan fingerprint density at radius 2 is 1.72 bits per heavy atom. The van der Waals surface area contributed by atoms with Crippen LogP contribution in [-0.2, 0) is 20.3 Å². The zero-order valence-corrected chi connectivity index (χ0v) is 28.6. The number of carbonyl (C=O) groups is 1. The van der Waals surface area contributed by atoms with Crippen LogP contribution in [0.5, 0.6) is 0 Å². The van der Waals surface area contributed by atoms with Gasteiger partial charge in [0.25, 0.3) is 0 Å². The van der Waals surface area contributed by atoms with E-state index in [1.807, 2.05) is 0 Å². The van der Waals surface area contributed by atoms with Crippen LogP contribution in [0.2, 0.25) is 0 Å². The molecule has 8 nitrogen and oxygen atoms in total. The van der Waals surface area contributed by atoms with Crippen molar-refractivity contribution in [1.82, 2.24) is 10.6 Å². The van der Waals surface area contributed by atoms with Crippen LogP contribution in [0.25, 0.3) is 0 Å². The Balaban J connectivity index is 1.31. The van der Waals surface area contributed by atoms with Crippen LogP contribution in [0.3, 0.4) is 0 Å². The van der Waals surface area contributed by atoms with E-state index in [0.717, 1.165) is 58.3 Å². The zero-order chi connectivity index (χ0) is 31.4. The van der Waals surface area contributed by atoms with Gasteiger partial charge in [-0.05, 0) is 163 Å². The Kier molecular flexibility index (Phi) is 12.4. The zero-order valence-electron chi connectivity index (χ0n) is 27.7. The summed E-state index contributed by atoms with van der Waals surface area (Å²) in [7, 11) is 0. The van der Waals surface area contributed by atoms with Gasteiger partial charge in [-0.25, -0.2) is 0 Å². The van der Waals surface area contributed by atoms with E-state index in [1.54, 1.807) is 13.8 Å². The predicted octanol–water partition coefficient (Wildman–Crippen LogP) is 5.21. The first-order valence-electron chi connectivity index (χ1n) is 17.5. The fourth-order valence-electron chi connectivity index (χ4n) is 10.5. The van der Waals surface area contributed by atoms with Crippen molar-refractivity contribution in [2.24, 2.45) is 52.1 Å². The van der Waals surface area contributed by atoms with Crippen LogP contribution < -0.4 is 16.4 Å². The van der Waals surface area contributed by atoms with Crippen LogP contribution in [0.4, 0.5) is 0 Å². The van der Waals surface area contributed by atoms with Crippen molar-refractivity contribution >= 4 is 17.1 Å². The van der Waals surface area contributed by atoms with E-state index in [2.05, 4.69) is 31.4 Å². The second-order valence-electron chi connectivity index (χ2n) is 15.8. The Morgan fingerprint density at radius 3 is 2.44 bits per heavy atom. The van der Waals surface area contributed by atoms with Gasteiger partial charge in [0.15, 0.2) is 5.78 Å². The highest BCUT2D eigenvalue weighted by Gasteiger charge is 2.62. The molecule has 0 aromatic carbocycles. The van der Waals surface area contributed by atoms with E-state index in [0.29, 0.717) is 53.4 Å². The molecule has 4 aliphatic rings. The molecule has 6 N–H and O–H groups in total. The molecule has 0 amide bonds. The quantitative estimate of drug-likeness (QED) is 0.117. The maximum absolute atomic E-state index is 12.8. The van der Waals surface area contributed by atoms with Crippen LogP contribution >= 0.6 is 0 Å². The SMILES string of the molecule is CC(CCC(=O)C(C)(C)OS(=O)O)[C@H]1CCC2C3C(CC[C@@]21C)[C@@]1(C)CC[C@H](NCCCNCCCCN)C[C@@H]1C[C@H]3O. The number of Topliss-reactive ketones (excluding diaryl/α,β-unsaturated/α-hetero) is 1. The third kappa shape index (κ3) is 7.94. The largest absolute Gasteiger partial charge is 0.393 e. The van der Waals surface area contributed by atoms with E-state index < -0.39 is 17.0 Å². The number of carbonyl (C=O) groups excluding carboxylic acids is 1. The summed E-state index contributed by atoms with van der Waals surface area (Å²) in [6.07, 6.45) is 13.7. The first-order valence-corrected chi connectivity index (χ1v) is 18.5. The Hall–Kier alpha value is -0.420. The minimum atomic E-state index is -2.46. The summed E-state index contributed by atoms with van der Waals surface area (Å²) in [5, 5.41) is 19.2. The van der Waals surface area contributed by atoms with Gasteiger partial charge in [0.05, 0.1) is 6.10 Å². The number of aliphatic hydroxyl groups excluding tert-OH is 1. The lowest BCUT2D eigenvalue weighted by atomic mass is 9.43. The molecule has 0 bridgehead atoms. The maximum Gasteiger partial charge on any atom is 0.302 e. The fraction of sp³-hybridized carbons (Fsp3) is 0.971. The number of aliphatic hydroxyl groups is 1. The van der Waals surface area contributed by atoms with E-state index in [1.165, 1.54) is 44.9 Å². The first kappa shape index (κ1) is 35.4. The van der Waals surface area contributed by atoms with E-state index in [4.69, 9.17) is 14.5 Å². The van der Waals surface area contributed by atoms with Crippen molar-refractivity contribution in [3.63, 3.8) is 0 Å². The third-order valence-corrected chi connectivity index (χ3v) is 13.6. The highest BCUT2D eigenvalue weighted by Crippen LogP contribution is 2.68. The topological polar surface area (TPSA) is 134 Å². The van der Waals surface area contributed by atoms with Gasteiger partial charge in [-0.15, -0.1) is 0 Å².